The van der Waals surface area contributed by atoms with Crippen LogP contribution < -0.4 is 0 Å². The van der Waals surface area contributed by atoms with Gasteiger partial charge in [0.25, 0.3) is 0 Å². The van der Waals surface area contributed by atoms with Crippen molar-refractivity contribution in [3.8, 4) is 0 Å². The predicted octanol–water partition coefficient (Wildman–Crippen LogP) is 1.97. The van der Waals surface area contributed by atoms with Crippen molar-refractivity contribution in [1.82, 2.24) is 0 Å². The summed E-state index contributed by atoms with van der Waals surface area (Å²) in [7, 11) is 0. The molecular weight excluding hydrogens is 312 g/mol. The lowest BCUT2D eigenvalue weighted by atomic mass is 9.84. The van der Waals surface area contributed by atoms with E-state index >= 15 is 0 Å². The fraction of sp³-hybridized carbons (Fsp3) is 0.833. The number of carbonyl (C=O) groups excluding carboxylic acids is 1. The minimum atomic E-state index is -0.457. The van der Waals surface area contributed by atoms with Crippen LogP contribution in [0.5, 0.6) is 0 Å². The first-order valence-electron chi connectivity index (χ1n) is 8.71. The van der Waals surface area contributed by atoms with Crippen molar-refractivity contribution in [2.75, 3.05) is 52.9 Å². The van der Waals surface area contributed by atoms with E-state index in [4.69, 9.17) is 23.7 Å². The minimum absolute atomic E-state index is 0.114. The van der Waals surface area contributed by atoms with Gasteiger partial charge in [-0.2, -0.15) is 0 Å². The van der Waals surface area contributed by atoms with Gasteiger partial charge in [0, 0.05) is 16.9 Å². The molecule has 0 radical (unpaired) electrons. The molecule has 138 valence electrons. The van der Waals surface area contributed by atoms with Gasteiger partial charge in [-0.05, 0) is 12.8 Å². The lowest BCUT2D eigenvalue weighted by Gasteiger charge is -2.41. The Labute approximate surface area is 144 Å². The first-order valence-corrected chi connectivity index (χ1v) is 8.71. The molecule has 0 spiro atoms. The second-order valence-electron chi connectivity index (χ2n) is 6.99. The van der Waals surface area contributed by atoms with E-state index in [1.54, 1.807) is 0 Å². The zero-order chi connectivity index (χ0) is 17.5. The summed E-state index contributed by atoms with van der Waals surface area (Å²) in [5.74, 6) is -0.457. The molecule has 24 heavy (non-hydrogen) atoms. The number of hydrogen-bond donors (Lipinski definition) is 0. The standard InChI is InChI=1S/C18H30O6/c1-4-16(19)24-15(7-20-9-17(5-2)11-22-12-17)8-21-10-18(6-3)13-23-14-18/h4,15H,1,5-14H2,2-3H3. The molecule has 0 saturated carbocycles. The van der Waals surface area contributed by atoms with E-state index < -0.39 is 12.1 Å². The number of hydrogen-bond acceptors (Lipinski definition) is 6. The molecule has 0 N–H and O–H groups in total. The molecule has 0 atom stereocenters. The Morgan fingerprint density at radius 1 is 1.04 bits per heavy atom. The van der Waals surface area contributed by atoms with E-state index in [1.165, 1.54) is 0 Å². The van der Waals surface area contributed by atoms with E-state index in [-0.39, 0.29) is 10.8 Å². The van der Waals surface area contributed by atoms with Gasteiger partial charge in [0.15, 0.2) is 0 Å². The Kier molecular flexibility index (Phi) is 7.22. The van der Waals surface area contributed by atoms with Gasteiger partial charge in [-0.25, -0.2) is 4.79 Å². The quantitative estimate of drug-likeness (QED) is 0.399. The number of rotatable bonds is 12. The largest absolute Gasteiger partial charge is 0.454 e. The van der Waals surface area contributed by atoms with Crippen LogP contribution in [0.4, 0.5) is 0 Å². The molecule has 2 saturated heterocycles. The van der Waals surface area contributed by atoms with E-state index in [0.29, 0.717) is 26.4 Å². The number of carbonyl (C=O) groups is 1. The maximum Gasteiger partial charge on any atom is 0.330 e. The molecule has 2 fully saturated rings. The van der Waals surface area contributed by atoms with Gasteiger partial charge >= 0.3 is 5.97 Å². The molecule has 2 rings (SSSR count). The van der Waals surface area contributed by atoms with Gasteiger partial charge in [-0.15, -0.1) is 0 Å². The highest BCUT2D eigenvalue weighted by Crippen LogP contribution is 2.32. The second-order valence-corrected chi connectivity index (χ2v) is 6.99. The summed E-state index contributed by atoms with van der Waals surface area (Å²) in [5, 5.41) is 0. The average molecular weight is 342 g/mol. The molecule has 0 amide bonds. The molecule has 0 aromatic carbocycles. The second kappa shape index (κ2) is 8.94. The molecule has 2 heterocycles. The first-order chi connectivity index (χ1) is 11.6. The topological polar surface area (TPSA) is 63.2 Å². The third-order valence-corrected chi connectivity index (χ3v) is 5.01. The fourth-order valence-corrected chi connectivity index (χ4v) is 2.70. The van der Waals surface area contributed by atoms with Gasteiger partial charge in [0.05, 0.1) is 52.9 Å². The highest BCUT2D eigenvalue weighted by Gasteiger charge is 2.38. The Bertz CT molecular complexity index is 375. The summed E-state index contributed by atoms with van der Waals surface area (Å²) in [6.45, 7) is 12.5. The molecule has 0 aromatic heterocycles. The Morgan fingerprint density at radius 3 is 1.79 bits per heavy atom. The van der Waals surface area contributed by atoms with Gasteiger partial charge < -0.3 is 23.7 Å². The molecule has 0 aromatic rings. The van der Waals surface area contributed by atoms with E-state index in [0.717, 1.165) is 45.3 Å². The smallest absolute Gasteiger partial charge is 0.330 e. The van der Waals surface area contributed by atoms with Crippen LogP contribution >= 0.6 is 0 Å². The average Bonchev–Trinajstić information content (AvgIpc) is 2.52. The van der Waals surface area contributed by atoms with Crippen molar-refractivity contribution in [3.63, 3.8) is 0 Å². The minimum Gasteiger partial charge on any atom is -0.454 e. The SMILES string of the molecule is C=CC(=O)OC(COCC1(CC)COC1)COCC1(CC)COC1. The normalized spacial score (nSPS) is 21.0. The summed E-state index contributed by atoms with van der Waals surface area (Å²) in [5.41, 5.74) is 0.229. The van der Waals surface area contributed by atoms with Crippen LogP contribution in [0.15, 0.2) is 12.7 Å². The lowest BCUT2D eigenvalue weighted by molar-refractivity contribution is -0.176. The zero-order valence-corrected chi connectivity index (χ0v) is 14.9. The summed E-state index contributed by atoms with van der Waals surface area (Å²) < 4.78 is 27.5. The molecule has 0 unspecified atom stereocenters. The summed E-state index contributed by atoms with van der Waals surface area (Å²) >= 11 is 0. The van der Waals surface area contributed by atoms with E-state index in [1.807, 2.05) is 0 Å². The number of esters is 1. The Balaban J connectivity index is 1.73. The molecule has 6 heteroatoms. The Hall–Kier alpha value is -0.950. The lowest BCUT2D eigenvalue weighted by Crippen LogP contribution is -2.47. The van der Waals surface area contributed by atoms with Crippen LogP contribution in [0, 0.1) is 10.8 Å². The predicted molar refractivity (Wildman–Crippen MR) is 88.8 cm³/mol. The molecule has 2 aliphatic heterocycles. The van der Waals surface area contributed by atoms with Crippen LogP contribution in [-0.2, 0) is 28.5 Å². The maximum absolute atomic E-state index is 11.5. The van der Waals surface area contributed by atoms with Gasteiger partial charge in [0.1, 0.15) is 6.10 Å². The summed E-state index contributed by atoms with van der Waals surface area (Å²) in [4.78, 5) is 11.5. The van der Waals surface area contributed by atoms with Gasteiger partial charge in [-0.3, -0.25) is 0 Å². The fourth-order valence-electron chi connectivity index (χ4n) is 2.70. The molecular formula is C18H30O6. The van der Waals surface area contributed by atoms with Gasteiger partial charge in [0.2, 0.25) is 0 Å². The van der Waals surface area contributed by atoms with Crippen molar-refractivity contribution < 1.29 is 28.5 Å². The Morgan fingerprint density at radius 2 is 1.50 bits per heavy atom. The van der Waals surface area contributed by atoms with Crippen LogP contribution in [-0.4, -0.2) is 64.9 Å². The van der Waals surface area contributed by atoms with Crippen molar-refractivity contribution in [2.45, 2.75) is 32.8 Å². The summed E-state index contributed by atoms with van der Waals surface area (Å²) in [6, 6.07) is 0. The van der Waals surface area contributed by atoms with Crippen molar-refractivity contribution >= 4 is 5.97 Å². The third kappa shape index (κ3) is 5.02. The van der Waals surface area contributed by atoms with Crippen LogP contribution in [0.1, 0.15) is 26.7 Å². The van der Waals surface area contributed by atoms with Crippen molar-refractivity contribution in [3.05, 3.63) is 12.7 Å². The highest BCUT2D eigenvalue weighted by molar-refractivity contribution is 5.81. The van der Waals surface area contributed by atoms with Crippen LogP contribution in [0.25, 0.3) is 0 Å². The van der Waals surface area contributed by atoms with Crippen LogP contribution in [0.3, 0.4) is 0 Å². The maximum atomic E-state index is 11.5. The first kappa shape index (κ1) is 19.4. The van der Waals surface area contributed by atoms with Crippen molar-refractivity contribution in [1.29, 1.82) is 0 Å². The molecule has 6 nitrogen and oxygen atoms in total. The molecule has 0 aliphatic carbocycles. The van der Waals surface area contributed by atoms with Crippen molar-refractivity contribution in [2.24, 2.45) is 10.8 Å². The third-order valence-electron chi connectivity index (χ3n) is 5.01. The van der Waals surface area contributed by atoms with E-state index in [2.05, 4.69) is 20.4 Å². The molecule has 0 bridgehead atoms. The zero-order valence-electron chi connectivity index (χ0n) is 14.9. The van der Waals surface area contributed by atoms with Gasteiger partial charge in [-0.1, -0.05) is 20.4 Å². The molecule has 2 aliphatic rings. The number of ether oxygens (including phenoxy) is 5. The summed E-state index contributed by atoms with van der Waals surface area (Å²) in [6.07, 6.45) is 2.76. The highest BCUT2D eigenvalue weighted by atomic mass is 16.6. The van der Waals surface area contributed by atoms with Crippen LogP contribution in [0.2, 0.25) is 0 Å². The monoisotopic (exact) mass is 342 g/mol. The van der Waals surface area contributed by atoms with E-state index in [9.17, 15) is 4.79 Å².